The highest BCUT2D eigenvalue weighted by Gasteiger charge is 2.52. The predicted octanol–water partition coefficient (Wildman–Crippen LogP) is 4.78. The molecule has 18 atom stereocenters. The molecule has 7 aliphatic rings. The Labute approximate surface area is 648 Å². The van der Waals surface area contributed by atoms with Crippen LogP contribution >= 0.6 is 35.0 Å². The van der Waals surface area contributed by atoms with Gasteiger partial charge in [0.2, 0.25) is 53.4 Å². The van der Waals surface area contributed by atoms with Crippen molar-refractivity contribution in [2.45, 2.75) is 177 Å². The zero-order valence-electron chi connectivity index (χ0n) is 59.5. The molecule has 10 unspecified atom stereocenters. The lowest BCUT2D eigenvalue weighted by Crippen LogP contribution is -2.64. The molecule has 0 radical (unpaired) electrons. The molecule has 0 saturated carbocycles. The molecule has 0 spiro atoms. The first-order valence-electron chi connectivity index (χ1n) is 34.8. The van der Waals surface area contributed by atoms with E-state index in [1.807, 2.05) is 32.9 Å². The van der Waals surface area contributed by atoms with E-state index in [0.717, 1.165) is 71.9 Å². The molecule has 592 valence electrons. The number of nitrogens with one attached hydrogen (secondary N) is 7. The number of fused-ring (bicyclic) bond motifs is 16. The van der Waals surface area contributed by atoms with E-state index in [0.29, 0.717) is 22.6 Å². The molecule has 6 aromatic carbocycles. The molecule has 11 bridgehead atoms. The van der Waals surface area contributed by atoms with Crippen molar-refractivity contribution in [3.05, 3.63) is 140 Å². The number of hydrogen-bond acceptors (Lipinski definition) is 25. The van der Waals surface area contributed by atoms with Crippen LogP contribution in [0.2, 0.25) is 10.0 Å². The summed E-state index contributed by atoms with van der Waals surface area (Å²) in [6.45, 7) is 10.2. The van der Waals surface area contributed by atoms with Crippen LogP contribution in [0.4, 0.5) is 0 Å². The van der Waals surface area contributed by atoms with Gasteiger partial charge in [-0.25, -0.2) is 9.78 Å². The van der Waals surface area contributed by atoms with Gasteiger partial charge < -0.3 is 123 Å². The SMILES string of the molecule is C.Cc1ccc2nc(SCC3OC(Oc4c5cc6cc4Oc4ccc(cc4Cl)[C@@H](O)[C@@H](NC(=O)[C@@H](C)CC(C)C)C(=O)N[C@@H](CC(N)=O)C(=O)N[C@H]6C(=O)NC4C(=O)N[C@H](C(=O)N[C@@H](C(=O)O)c6cc(O)cc(O)c6-c6cc4ccc6O)[C@H](O)c4ccc(c(Cl)c4)O5)C(OC4CC(C)(N)C(O)C(C)O4)C(O)C3O)[nH]c2c1. The number of amides is 7. The quantitative estimate of drug-likeness (QED) is 0.0652. The molecule has 2 saturated heterocycles. The number of aromatic nitrogens is 2. The molecule has 1 aromatic heterocycles. The Morgan fingerprint density at radius 3 is 1.98 bits per heavy atom. The number of carboxylic acid groups (broad SMARTS) is 1. The van der Waals surface area contributed by atoms with Crippen molar-refractivity contribution in [2.24, 2.45) is 23.3 Å². The lowest BCUT2D eigenvalue weighted by atomic mass is 9.86. The molecular formula is C75H84Cl2N10O23S. The van der Waals surface area contributed by atoms with Gasteiger partial charge in [-0.3, -0.25) is 33.6 Å². The van der Waals surface area contributed by atoms with Crippen molar-refractivity contribution in [3.63, 3.8) is 0 Å². The smallest absolute Gasteiger partial charge is 0.330 e. The summed E-state index contributed by atoms with van der Waals surface area (Å²) in [5.74, 6) is -16.5. The molecule has 36 heteroatoms. The summed E-state index contributed by atoms with van der Waals surface area (Å²) < 4.78 is 39.8. The highest BCUT2D eigenvalue weighted by atomic mass is 35.5. The van der Waals surface area contributed by atoms with Gasteiger partial charge in [-0.2, -0.15) is 0 Å². The number of hydrogen-bond donors (Lipinski definition) is 18. The van der Waals surface area contributed by atoms with Crippen molar-refractivity contribution in [1.82, 2.24) is 41.9 Å². The van der Waals surface area contributed by atoms with Gasteiger partial charge in [-0.1, -0.05) is 87.4 Å². The molecule has 20 N–H and O–H groups in total. The minimum absolute atomic E-state index is 0. The van der Waals surface area contributed by atoms with Crippen molar-refractivity contribution in [2.75, 3.05) is 5.75 Å². The van der Waals surface area contributed by atoms with Crippen LogP contribution in [0.5, 0.6) is 46.0 Å². The number of imidazole rings is 1. The van der Waals surface area contributed by atoms with Crippen LogP contribution in [0.1, 0.15) is 125 Å². The number of aromatic amines is 1. The molecule has 14 rings (SSSR count). The van der Waals surface area contributed by atoms with Gasteiger partial charge >= 0.3 is 5.97 Å². The van der Waals surface area contributed by atoms with E-state index < -0.39 is 225 Å². The Morgan fingerprint density at radius 1 is 0.721 bits per heavy atom. The van der Waals surface area contributed by atoms with Gasteiger partial charge in [0.05, 0.1) is 45.8 Å². The van der Waals surface area contributed by atoms with E-state index in [1.165, 1.54) is 38.1 Å². The number of thioether (sulfide) groups is 1. The fraction of sp³-hybridized carbons (Fsp3) is 0.400. The maximum atomic E-state index is 16.2. The lowest BCUT2D eigenvalue weighted by Gasteiger charge is -2.47. The van der Waals surface area contributed by atoms with E-state index in [4.69, 9.17) is 63.1 Å². The molecule has 7 aromatic rings. The fourth-order valence-corrected chi connectivity index (χ4v) is 15.2. The van der Waals surface area contributed by atoms with Gasteiger partial charge in [0.15, 0.2) is 35.1 Å². The second-order valence-corrected chi connectivity index (χ2v) is 30.3. The van der Waals surface area contributed by atoms with Crippen molar-refractivity contribution in [3.8, 4) is 57.1 Å². The largest absolute Gasteiger partial charge is 0.508 e. The van der Waals surface area contributed by atoms with Gasteiger partial charge in [-0.05, 0) is 128 Å². The summed E-state index contributed by atoms with van der Waals surface area (Å²) in [6, 6.07) is 6.29. The summed E-state index contributed by atoms with van der Waals surface area (Å²) in [5.41, 5.74) is 10.5. The third kappa shape index (κ3) is 17.5. The van der Waals surface area contributed by atoms with Crippen molar-refractivity contribution < 1.29 is 113 Å². The summed E-state index contributed by atoms with van der Waals surface area (Å²) >= 11 is 15.4. The number of aliphatic hydroxyl groups is 5. The van der Waals surface area contributed by atoms with Crippen LogP contribution in [0, 0.1) is 18.8 Å². The maximum absolute atomic E-state index is 16.2. The number of nitrogens with two attached hydrogens (primary N) is 2. The summed E-state index contributed by atoms with van der Waals surface area (Å²) in [7, 11) is 0. The summed E-state index contributed by atoms with van der Waals surface area (Å²) in [4.78, 5) is 126. The van der Waals surface area contributed by atoms with Crippen LogP contribution < -0.4 is 57.6 Å². The second kappa shape index (κ2) is 33.1. The first-order chi connectivity index (χ1) is 52.0. The number of carbonyl (C=O) groups is 8. The highest BCUT2D eigenvalue weighted by molar-refractivity contribution is 7.99. The van der Waals surface area contributed by atoms with Crippen LogP contribution in [-0.4, -0.2) is 182 Å². The Morgan fingerprint density at radius 2 is 1.35 bits per heavy atom. The zero-order valence-corrected chi connectivity index (χ0v) is 61.8. The lowest BCUT2D eigenvalue weighted by molar-refractivity contribution is -0.329. The van der Waals surface area contributed by atoms with Gasteiger partial charge in [0, 0.05) is 46.4 Å². The number of carboxylic acids is 1. The Balaban J connectivity index is 0.0000122. The molecule has 33 nitrogen and oxygen atoms in total. The number of phenolic OH excluding ortho intramolecular Hbond substituents is 3. The van der Waals surface area contributed by atoms with Gasteiger partial charge in [0.25, 0.3) is 0 Å². The highest BCUT2D eigenvalue weighted by Crippen LogP contribution is 2.50. The number of aromatic hydroxyl groups is 3. The number of nitrogens with zero attached hydrogens (tertiary/aromatic N) is 1. The number of primary amides is 1. The average Bonchev–Trinajstić information content (AvgIpc) is 1.03. The van der Waals surface area contributed by atoms with Crippen molar-refractivity contribution >= 4 is 93.3 Å². The number of aliphatic carboxylic acids is 1. The number of aryl methyl sites for hydroxylation is 1. The number of phenols is 3. The fourth-order valence-electron chi connectivity index (χ4n) is 13.8. The number of halogens is 2. The number of carbonyl (C=O) groups excluding carboxylic acids is 7. The molecule has 7 aliphatic heterocycles. The Kier molecular flexibility index (Phi) is 24.4. The summed E-state index contributed by atoms with van der Waals surface area (Å²) in [6.07, 6.45) is -17.8. The third-order valence-corrected chi connectivity index (χ3v) is 21.0. The van der Waals surface area contributed by atoms with E-state index >= 15 is 14.4 Å². The molecule has 8 heterocycles. The standard InChI is InChI=1S/C74H80Cl2N10O23S.CH4/c1-27(2)15-29(4)65(96)85-56-58(91)32-9-13-45(38(75)18-32)105-47-20-34-21-48(62(47)109-72-63(108-51-25-74(6,78)64(95)30(5)104-51)61(94)60(93)49(107-72)26-110-73-80-40-11-7-28(3)16-41(40)81-73)106-46-14-10-33(19-39(46)76)59(92)57-70(101)84-55(71(102)103)37-22-35(87)23-44(89)52(37)36-17-31(8-12-43(36)88)53(67(98)86-57)83-68(99)54(34)82-66(97)42(24-50(77)90)79-69(56)100;/h7-14,16-23,27,29-30,42,49,51,53-61,63-64,72,87-89,91-95H,15,24-26,78H2,1-6H3,(H2,77,90)(H,79,100)(H,80,81)(H,82,97)(H,83,99)(H,84,101)(H,85,96)(H,86,98)(H,102,103);1H4/t29-,30?,42-,49?,51?,53?,54+,55+,56+,57-,58+,59+,60?,61?,63?,64?,72?,74?;/m0./s1. The van der Waals surface area contributed by atoms with E-state index in [9.17, 15) is 69.9 Å². The Bertz CT molecular complexity index is 4800. The van der Waals surface area contributed by atoms with Crippen molar-refractivity contribution in [1.29, 1.82) is 0 Å². The van der Waals surface area contributed by atoms with Crippen LogP contribution in [0.15, 0.2) is 102 Å². The number of aliphatic hydroxyl groups excluding tert-OH is 5. The van der Waals surface area contributed by atoms with Crippen LogP contribution in [0.25, 0.3) is 22.2 Å². The average molecular weight is 1600 g/mol. The predicted molar refractivity (Wildman–Crippen MR) is 397 cm³/mol. The first-order valence-corrected chi connectivity index (χ1v) is 36.5. The zero-order chi connectivity index (χ0) is 79.4. The normalized spacial score (nSPS) is 27.8. The number of rotatable bonds is 14. The number of H-pyrrole nitrogens is 1. The molecule has 0 aliphatic carbocycles. The maximum Gasteiger partial charge on any atom is 0.330 e. The monoisotopic (exact) mass is 1590 g/mol. The molecule has 2 fully saturated rings. The third-order valence-electron chi connectivity index (χ3n) is 19.5. The number of ether oxygens (including phenoxy) is 6. The van der Waals surface area contributed by atoms with E-state index in [2.05, 4.69) is 41.9 Å². The van der Waals surface area contributed by atoms with Crippen LogP contribution in [-0.2, 0) is 52.6 Å². The summed E-state index contributed by atoms with van der Waals surface area (Å²) in [5, 5.41) is 120. The van der Waals surface area contributed by atoms with E-state index in [1.54, 1.807) is 13.0 Å². The topological polar surface area (TPSA) is 527 Å². The molecular weight excluding hydrogens is 1510 g/mol. The minimum atomic E-state index is -2.34. The van der Waals surface area contributed by atoms with Crippen LogP contribution in [0.3, 0.4) is 0 Å². The van der Waals surface area contributed by atoms with Gasteiger partial charge in [0.1, 0.15) is 83.4 Å². The van der Waals surface area contributed by atoms with E-state index in [-0.39, 0.29) is 58.7 Å². The molecule has 111 heavy (non-hydrogen) atoms. The second-order valence-electron chi connectivity index (χ2n) is 28.5. The minimum Gasteiger partial charge on any atom is -0.508 e. The van der Waals surface area contributed by atoms with Gasteiger partial charge in [-0.15, -0.1) is 0 Å². The molecule has 7 amide bonds. The Hall–Kier alpha value is -10.1. The first kappa shape index (κ1) is 81.9. The number of benzene rings is 6.